The predicted molar refractivity (Wildman–Crippen MR) is 60.6 cm³/mol. The molecule has 1 aromatic heterocycles. The van der Waals surface area contributed by atoms with Gasteiger partial charge in [-0.25, -0.2) is 0 Å². The molecule has 0 aliphatic rings. The van der Waals surface area contributed by atoms with E-state index < -0.39 is 4.92 Å². The first kappa shape index (κ1) is 12.3. The monoisotopic (exact) mass is 249 g/mol. The van der Waals surface area contributed by atoms with Crippen LogP contribution in [0.3, 0.4) is 0 Å². The summed E-state index contributed by atoms with van der Waals surface area (Å²) in [5.74, 6) is 0.995. The van der Waals surface area contributed by atoms with Gasteiger partial charge in [-0.3, -0.25) is 4.57 Å². The number of halogens is 1. The Morgan fingerprint density at radius 1 is 1.73 bits per heavy atom. The molecule has 7 heteroatoms. The van der Waals surface area contributed by atoms with E-state index in [1.165, 1.54) is 11.8 Å². The van der Waals surface area contributed by atoms with Crippen LogP contribution in [-0.2, 0) is 7.05 Å². The second-order valence-corrected chi connectivity index (χ2v) is 4.92. The molecule has 0 N–H and O–H groups in total. The number of aromatic nitrogens is 2. The summed E-state index contributed by atoms with van der Waals surface area (Å²) in [4.78, 5) is 14.2. The zero-order valence-corrected chi connectivity index (χ0v) is 10.3. The van der Waals surface area contributed by atoms with Crippen molar-refractivity contribution in [1.29, 1.82) is 0 Å². The molecule has 1 unspecified atom stereocenters. The molecule has 0 amide bonds. The molecule has 15 heavy (non-hydrogen) atoms. The fraction of sp³-hybridized carbons (Fsp3) is 0.625. The summed E-state index contributed by atoms with van der Waals surface area (Å²) in [7, 11) is 1.76. The van der Waals surface area contributed by atoms with Gasteiger partial charge in [0.2, 0.25) is 5.82 Å². The lowest BCUT2D eigenvalue weighted by atomic mass is 10.6. The van der Waals surface area contributed by atoms with Gasteiger partial charge in [-0.2, -0.15) is 0 Å². The average molecular weight is 250 g/mol. The van der Waals surface area contributed by atoms with Crippen molar-refractivity contribution >= 4 is 29.2 Å². The molecule has 0 saturated heterocycles. The first-order valence-corrected chi connectivity index (χ1v) is 5.79. The molecular formula is C8H12ClN3O2S. The van der Waals surface area contributed by atoms with Gasteiger partial charge in [-0.15, -0.1) is 11.6 Å². The van der Waals surface area contributed by atoms with Crippen LogP contribution in [0.4, 0.5) is 5.82 Å². The molecule has 0 fully saturated rings. The number of thioether (sulfide) groups is 1. The third-order valence-corrected chi connectivity index (χ3v) is 3.85. The summed E-state index contributed by atoms with van der Waals surface area (Å²) >= 11 is 7.05. The van der Waals surface area contributed by atoms with Crippen molar-refractivity contribution in [1.82, 2.24) is 9.55 Å². The van der Waals surface area contributed by atoms with Crippen molar-refractivity contribution in [2.45, 2.75) is 24.1 Å². The topological polar surface area (TPSA) is 61.0 Å². The number of rotatable bonds is 4. The van der Waals surface area contributed by atoms with Gasteiger partial charge in [0.1, 0.15) is 0 Å². The number of imidazole rings is 1. The van der Waals surface area contributed by atoms with Crippen LogP contribution in [0.1, 0.15) is 12.7 Å². The second-order valence-electron chi connectivity index (χ2n) is 3.19. The standard InChI is InChI=1S/C8H12ClN3O2S/c1-5(4-9)15-8-7(12(13)14)10-6(2)11(8)3/h5H,4H2,1-3H3. The Morgan fingerprint density at radius 3 is 2.80 bits per heavy atom. The van der Waals surface area contributed by atoms with E-state index in [0.717, 1.165) is 0 Å². The van der Waals surface area contributed by atoms with E-state index in [1.54, 1.807) is 18.5 Å². The highest BCUT2D eigenvalue weighted by atomic mass is 35.5. The highest BCUT2D eigenvalue weighted by Crippen LogP contribution is 2.32. The molecule has 0 aliphatic carbocycles. The maximum atomic E-state index is 10.7. The Balaban J connectivity index is 3.08. The number of aryl methyl sites for hydroxylation is 1. The molecule has 1 heterocycles. The van der Waals surface area contributed by atoms with Gasteiger partial charge in [0.15, 0.2) is 5.03 Å². The Kier molecular flexibility index (Phi) is 3.98. The lowest BCUT2D eigenvalue weighted by Gasteiger charge is -2.06. The average Bonchev–Trinajstić information content (AvgIpc) is 2.46. The molecule has 1 atom stereocenters. The first-order chi connectivity index (χ1) is 6.97. The zero-order chi connectivity index (χ0) is 11.6. The van der Waals surface area contributed by atoms with E-state index in [-0.39, 0.29) is 11.1 Å². The van der Waals surface area contributed by atoms with Gasteiger partial charge in [0.25, 0.3) is 0 Å². The molecule has 1 aromatic rings. The van der Waals surface area contributed by atoms with Crippen molar-refractivity contribution in [3.8, 4) is 0 Å². The number of hydrogen-bond donors (Lipinski definition) is 0. The van der Waals surface area contributed by atoms with Crippen LogP contribution in [-0.4, -0.2) is 25.6 Å². The lowest BCUT2D eigenvalue weighted by molar-refractivity contribution is -0.392. The third-order valence-electron chi connectivity index (χ3n) is 1.95. The Hall–Kier alpha value is -0.750. The van der Waals surface area contributed by atoms with Crippen molar-refractivity contribution in [2.75, 3.05) is 5.88 Å². The van der Waals surface area contributed by atoms with Crippen LogP contribution in [0.25, 0.3) is 0 Å². The molecule has 5 nitrogen and oxygen atoms in total. The SMILES string of the molecule is Cc1nc([N+](=O)[O-])c(SC(C)CCl)n1C. The van der Waals surface area contributed by atoms with Crippen LogP contribution in [0.2, 0.25) is 0 Å². The van der Waals surface area contributed by atoms with Gasteiger partial charge in [-0.05, 0) is 9.91 Å². The van der Waals surface area contributed by atoms with E-state index in [1.807, 2.05) is 6.92 Å². The third kappa shape index (κ3) is 2.63. The summed E-state index contributed by atoms with van der Waals surface area (Å²) in [5, 5.41) is 11.4. The molecule has 0 spiro atoms. The van der Waals surface area contributed by atoms with Gasteiger partial charge < -0.3 is 10.1 Å². The van der Waals surface area contributed by atoms with Crippen molar-refractivity contribution in [3.05, 3.63) is 15.9 Å². The Labute approximate surface area is 97.0 Å². The minimum absolute atomic E-state index is 0.0861. The van der Waals surface area contributed by atoms with E-state index in [2.05, 4.69) is 4.98 Å². The smallest absolute Gasteiger partial charge is 0.358 e. The van der Waals surface area contributed by atoms with E-state index in [9.17, 15) is 10.1 Å². The minimum atomic E-state index is -0.462. The number of nitro groups is 1. The van der Waals surface area contributed by atoms with Crippen LogP contribution < -0.4 is 0 Å². The van der Waals surface area contributed by atoms with Crippen LogP contribution in [0, 0.1) is 17.0 Å². The lowest BCUT2D eigenvalue weighted by Crippen LogP contribution is -2.02. The fourth-order valence-corrected chi connectivity index (χ4v) is 2.19. The molecule has 0 saturated carbocycles. The summed E-state index contributed by atoms with van der Waals surface area (Å²) < 4.78 is 1.71. The molecule has 84 valence electrons. The molecule has 0 aliphatic heterocycles. The van der Waals surface area contributed by atoms with E-state index in [0.29, 0.717) is 16.7 Å². The van der Waals surface area contributed by atoms with E-state index in [4.69, 9.17) is 11.6 Å². The summed E-state index contributed by atoms with van der Waals surface area (Å²) in [6.45, 7) is 3.66. The highest BCUT2D eigenvalue weighted by molar-refractivity contribution is 8.00. The molecule has 0 aromatic carbocycles. The molecular weight excluding hydrogens is 238 g/mol. The largest absolute Gasteiger partial charge is 0.396 e. The first-order valence-electron chi connectivity index (χ1n) is 4.37. The fourth-order valence-electron chi connectivity index (χ4n) is 1.05. The minimum Gasteiger partial charge on any atom is -0.358 e. The second kappa shape index (κ2) is 4.85. The zero-order valence-electron chi connectivity index (χ0n) is 8.73. The van der Waals surface area contributed by atoms with Crippen molar-refractivity contribution in [3.63, 3.8) is 0 Å². The predicted octanol–water partition coefficient (Wildman–Crippen LogP) is 2.36. The quantitative estimate of drug-likeness (QED) is 0.356. The Bertz CT molecular complexity index is 380. The van der Waals surface area contributed by atoms with E-state index >= 15 is 0 Å². The molecule has 0 bridgehead atoms. The van der Waals surface area contributed by atoms with Crippen LogP contribution >= 0.6 is 23.4 Å². The maximum Gasteiger partial charge on any atom is 0.396 e. The summed E-state index contributed by atoms with van der Waals surface area (Å²) in [6.07, 6.45) is 0. The van der Waals surface area contributed by atoms with Crippen molar-refractivity contribution in [2.24, 2.45) is 7.05 Å². The van der Waals surface area contributed by atoms with Crippen molar-refractivity contribution < 1.29 is 4.92 Å². The maximum absolute atomic E-state index is 10.7. The van der Waals surface area contributed by atoms with Gasteiger partial charge >= 0.3 is 5.82 Å². The number of nitrogens with zero attached hydrogens (tertiary/aromatic N) is 3. The Morgan fingerprint density at radius 2 is 2.33 bits per heavy atom. The number of alkyl halides is 1. The van der Waals surface area contributed by atoms with Crippen LogP contribution in [0.15, 0.2) is 5.03 Å². The van der Waals surface area contributed by atoms with Crippen LogP contribution in [0.5, 0.6) is 0 Å². The highest BCUT2D eigenvalue weighted by Gasteiger charge is 2.25. The van der Waals surface area contributed by atoms with Gasteiger partial charge in [-0.1, -0.05) is 18.7 Å². The summed E-state index contributed by atoms with van der Waals surface area (Å²) in [6, 6.07) is 0. The number of hydrogen-bond acceptors (Lipinski definition) is 4. The molecule has 0 radical (unpaired) electrons. The van der Waals surface area contributed by atoms with Gasteiger partial charge in [0.05, 0.1) is 0 Å². The normalized spacial score (nSPS) is 12.8. The molecule has 1 rings (SSSR count). The summed E-state index contributed by atoms with van der Waals surface area (Å²) in [5.41, 5.74) is 0. The van der Waals surface area contributed by atoms with Gasteiger partial charge in [0, 0.05) is 25.1 Å².